The summed E-state index contributed by atoms with van der Waals surface area (Å²) in [4.78, 5) is 19.4. The van der Waals surface area contributed by atoms with Crippen molar-refractivity contribution in [2.45, 2.75) is 26.4 Å². The van der Waals surface area contributed by atoms with Gasteiger partial charge in [0.15, 0.2) is 0 Å². The number of ether oxygens (including phenoxy) is 1. The zero-order valence-corrected chi connectivity index (χ0v) is 15.4. The molecule has 0 bridgehead atoms. The fourth-order valence-electron chi connectivity index (χ4n) is 2.98. The summed E-state index contributed by atoms with van der Waals surface area (Å²) < 4.78 is 9.16. The molecule has 0 aliphatic rings. The Morgan fingerprint density at radius 2 is 2.04 bits per heavy atom. The zero-order chi connectivity index (χ0) is 18.1. The second-order valence-corrected chi connectivity index (χ2v) is 6.49. The van der Waals surface area contributed by atoms with Crippen LogP contribution in [0.1, 0.15) is 30.2 Å². The first-order valence-corrected chi connectivity index (χ1v) is 8.33. The highest BCUT2D eigenvalue weighted by Crippen LogP contribution is 2.25. The number of carbonyl (C=O) groups is 1. The minimum atomic E-state index is -0.00401. The number of aromatic nitrogens is 3. The number of hydrogen-bond acceptors (Lipinski definition) is 3. The van der Waals surface area contributed by atoms with Crippen molar-refractivity contribution in [1.82, 2.24) is 19.0 Å². The van der Waals surface area contributed by atoms with Crippen LogP contribution in [0.15, 0.2) is 36.7 Å². The van der Waals surface area contributed by atoms with Gasteiger partial charge in [-0.1, -0.05) is 0 Å². The zero-order valence-electron chi connectivity index (χ0n) is 15.4. The van der Waals surface area contributed by atoms with E-state index in [1.165, 1.54) is 0 Å². The molecule has 0 atom stereocenters. The molecule has 3 rings (SSSR count). The van der Waals surface area contributed by atoms with Gasteiger partial charge in [0.2, 0.25) is 0 Å². The Morgan fingerprint density at radius 1 is 1.28 bits per heavy atom. The lowest BCUT2D eigenvalue weighted by molar-refractivity contribution is 0.0674. The van der Waals surface area contributed by atoms with Gasteiger partial charge in [-0.3, -0.25) is 4.79 Å². The summed E-state index contributed by atoms with van der Waals surface area (Å²) in [7, 11) is 5.49. The molecule has 3 aromatic rings. The van der Waals surface area contributed by atoms with Crippen LogP contribution in [0.5, 0.6) is 5.75 Å². The van der Waals surface area contributed by atoms with Crippen molar-refractivity contribution >= 4 is 16.8 Å². The van der Waals surface area contributed by atoms with E-state index in [2.05, 4.69) is 4.98 Å². The van der Waals surface area contributed by atoms with Gasteiger partial charge >= 0.3 is 0 Å². The maximum atomic E-state index is 13.2. The minimum Gasteiger partial charge on any atom is -0.497 e. The van der Waals surface area contributed by atoms with Crippen LogP contribution in [0.2, 0.25) is 0 Å². The topological polar surface area (TPSA) is 52.3 Å². The van der Waals surface area contributed by atoms with E-state index in [0.29, 0.717) is 12.2 Å². The first-order chi connectivity index (χ1) is 11.9. The third-order valence-corrected chi connectivity index (χ3v) is 4.59. The van der Waals surface area contributed by atoms with Gasteiger partial charge in [-0.15, -0.1) is 0 Å². The molecule has 2 heterocycles. The molecular weight excluding hydrogens is 316 g/mol. The van der Waals surface area contributed by atoms with Crippen LogP contribution in [0.4, 0.5) is 0 Å². The Labute approximate surface area is 147 Å². The molecule has 0 saturated heterocycles. The van der Waals surface area contributed by atoms with Gasteiger partial charge in [0, 0.05) is 44.0 Å². The molecule has 132 valence electrons. The number of nitrogens with zero attached hydrogens (tertiary/aromatic N) is 4. The first-order valence-electron chi connectivity index (χ1n) is 8.33. The third-order valence-electron chi connectivity index (χ3n) is 4.59. The van der Waals surface area contributed by atoms with Crippen LogP contribution < -0.4 is 4.74 Å². The Kier molecular flexibility index (Phi) is 4.53. The van der Waals surface area contributed by atoms with Gasteiger partial charge < -0.3 is 18.8 Å². The summed E-state index contributed by atoms with van der Waals surface area (Å²) in [5, 5.41) is 1.02. The largest absolute Gasteiger partial charge is 0.497 e. The lowest BCUT2D eigenvalue weighted by atomic mass is 10.2. The second kappa shape index (κ2) is 6.63. The molecule has 1 aromatic carbocycles. The highest BCUT2D eigenvalue weighted by Gasteiger charge is 2.24. The van der Waals surface area contributed by atoms with Crippen LogP contribution in [0.25, 0.3) is 10.9 Å². The van der Waals surface area contributed by atoms with Crippen molar-refractivity contribution in [3.8, 4) is 5.75 Å². The number of fused-ring (bicyclic) bond motifs is 1. The van der Waals surface area contributed by atoms with Crippen molar-refractivity contribution in [1.29, 1.82) is 0 Å². The number of aryl methyl sites for hydroxylation is 2. The standard InChI is InChI=1S/C19H24N4O2/c1-13(2)23(12-18-20-8-9-21(18)3)19(24)17-10-14-6-7-15(25-5)11-16(14)22(17)4/h6-11,13H,12H2,1-5H3. The predicted molar refractivity (Wildman–Crippen MR) is 97.7 cm³/mol. The van der Waals surface area contributed by atoms with Gasteiger partial charge in [-0.05, 0) is 32.0 Å². The fraction of sp³-hybridized carbons (Fsp3) is 0.368. The molecule has 6 nitrogen and oxygen atoms in total. The van der Waals surface area contributed by atoms with E-state index in [1.807, 2.05) is 72.4 Å². The van der Waals surface area contributed by atoms with Crippen LogP contribution in [0.3, 0.4) is 0 Å². The van der Waals surface area contributed by atoms with E-state index >= 15 is 0 Å². The summed E-state index contributed by atoms with van der Waals surface area (Å²) in [5.74, 6) is 1.64. The fourth-order valence-corrected chi connectivity index (χ4v) is 2.98. The number of rotatable bonds is 5. The molecule has 0 radical (unpaired) electrons. The van der Waals surface area contributed by atoms with Crippen molar-refractivity contribution in [2.24, 2.45) is 14.1 Å². The average molecular weight is 340 g/mol. The Bertz CT molecular complexity index is 907. The van der Waals surface area contributed by atoms with Crippen molar-refractivity contribution < 1.29 is 9.53 Å². The SMILES string of the molecule is COc1ccc2cc(C(=O)N(Cc3nccn3C)C(C)C)n(C)c2c1. The maximum Gasteiger partial charge on any atom is 0.271 e. The smallest absolute Gasteiger partial charge is 0.271 e. The number of imidazole rings is 1. The second-order valence-electron chi connectivity index (χ2n) is 6.49. The van der Waals surface area contributed by atoms with E-state index in [-0.39, 0.29) is 11.9 Å². The van der Waals surface area contributed by atoms with E-state index in [0.717, 1.165) is 22.5 Å². The summed E-state index contributed by atoms with van der Waals surface area (Å²) in [6, 6.07) is 7.83. The molecule has 0 aliphatic heterocycles. The third kappa shape index (κ3) is 3.12. The molecule has 6 heteroatoms. The van der Waals surface area contributed by atoms with Crippen LogP contribution in [-0.2, 0) is 20.6 Å². The van der Waals surface area contributed by atoms with Crippen LogP contribution >= 0.6 is 0 Å². The number of methoxy groups -OCH3 is 1. The van der Waals surface area contributed by atoms with Gasteiger partial charge in [-0.2, -0.15) is 0 Å². The van der Waals surface area contributed by atoms with E-state index in [4.69, 9.17) is 4.74 Å². The molecule has 2 aromatic heterocycles. The molecule has 1 amide bonds. The van der Waals surface area contributed by atoms with E-state index in [1.54, 1.807) is 13.3 Å². The lowest BCUT2D eigenvalue weighted by Gasteiger charge is -2.26. The Balaban J connectivity index is 1.98. The van der Waals surface area contributed by atoms with Crippen LogP contribution in [-0.4, -0.2) is 38.1 Å². The highest BCUT2D eigenvalue weighted by atomic mass is 16.5. The Morgan fingerprint density at radius 3 is 2.64 bits per heavy atom. The molecule has 0 fully saturated rings. The van der Waals surface area contributed by atoms with E-state index < -0.39 is 0 Å². The lowest BCUT2D eigenvalue weighted by Crippen LogP contribution is -2.38. The number of amides is 1. The first kappa shape index (κ1) is 17.1. The average Bonchev–Trinajstić information content (AvgIpc) is 3.15. The van der Waals surface area contributed by atoms with Crippen LogP contribution in [0, 0.1) is 0 Å². The maximum absolute atomic E-state index is 13.2. The minimum absolute atomic E-state index is 0.00401. The van der Waals surface area contributed by atoms with Gasteiger partial charge in [0.25, 0.3) is 5.91 Å². The predicted octanol–water partition coefficient (Wildman–Crippen LogP) is 2.97. The number of hydrogen-bond donors (Lipinski definition) is 0. The summed E-state index contributed by atoms with van der Waals surface area (Å²) in [6.45, 7) is 4.52. The normalized spacial score (nSPS) is 11.3. The van der Waals surface area contributed by atoms with Gasteiger partial charge in [0.05, 0.1) is 19.2 Å². The Hall–Kier alpha value is -2.76. The summed E-state index contributed by atoms with van der Waals surface area (Å²) >= 11 is 0. The summed E-state index contributed by atoms with van der Waals surface area (Å²) in [5.41, 5.74) is 1.63. The van der Waals surface area contributed by atoms with Gasteiger partial charge in [0.1, 0.15) is 17.3 Å². The van der Waals surface area contributed by atoms with Gasteiger partial charge in [-0.25, -0.2) is 4.98 Å². The monoisotopic (exact) mass is 340 g/mol. The van der Waals surface area contributed by atoms with Crippen molar-refractivity contribution in [3.05, 3.63) is 48.2 Å². The molecule has 0 spiro atoms. The molecule has 0 unspecified atom stereocenters. The quantitative estimate of drug-likeness (QED) is 0.717. The van der Waals surface area contributed by atoms with E-state index in [9.17, 15) is 4.79 Å². The highest BCUT2D eigenvalue weighted by molar-refractivity contribution is 5.99. The summed E-state index contributed by atoms with van der Waals surface area (Å²) in [6.07, 6.45) is 3.64. The molecule has 0 saturated carbocycles. The number of carbonyl (C=O) groups excluding carboxylic acids is 1. The molecule has 0 aliphatic carbocycles. The number of benzene rings is 1. The molecule has 0 N–H and O–H groups in total. The molecule has 25 heavy (non-hydrogen) atoms. The van der Waals surface area contributed by atoms with Crippen molar-refractivity contribution in [2.75, 3.05) is 7.11 Å². The molecular formula is C19H24N4O2. The van der Waals surface area contributed by atoms with Crippen molar-refractivity contribution in [3.63, 3.8) is 0 Å².